The molecule has 4 nitrogen and oxygen atoms in total. The maximum absolute atomic E-state index is 12.4. The number of carbonyl (C=O) groups excluding carboxylic acids is 1. The summed E-state index contributed by atoms with van der Waals surface area (Å²) in [7, 11) is 0. The number of aliphatic hydroxyl groups is 1. The van der Waals surface area contributed by atoms with E-state index >= 15 is 0 Å². The zero-order valence-corrected chi connectivity index (χ0v) is 12.7. The molecule has 1 unspecified atom stereocenters. The summed E-state index contributed by atoms with van der Waals surface area (Å²) in [6.07, 6.45) is -4.09. The first kappa shape index (κ1) is 17.2. The van der Waals surface area contributed by atoms with Crippen LogP contribution in [0.4, 0.5) is 13.2 Å². The van der Waals surface area contributed by atoms with E-state index in [0.717, 1.165) is 5.56 Å². The van der Waals surface area contributed by atoms with E-state index < -0.39 is 12.3 Å². The van der Waals surface area contributed by atoms with Crippen molar-refractivity contribution < 1.29 is 23.1 Å². The number of ketones is 1. The summed E-state index contributed by atoms with van der Waals surface area (Å²) < 4.78 is 38.8. The second kappa shape index (κ2) is 6.54. The molecule has 1 N–H and O–H groups in total. The molecule has 0 spiro atoms. The van der Waals surface area contributed by atoms with Crippen molar-refractivity contribution >= 4 is 5.78 Å². The number of aliphatic hydroxyl groups excluding tert-OH is 1. The number of aromatic nitrogens is 2. The van der Waals surface area contributed by atoms with Crippen LogP contribution in [0.2, 0.25) is 0 Å². The summed E-state index contributed by atoms with van der Waals surface area (Å²) in [4.78, 5) is 11.8. The van der Waals surface area contributed by atoms with Crippen LogP contribution in [0.3, 0.4) is 0 Å². The van der Waals surface area contributed by atoms with Gasteiger partial charge in [0.2, 0.25) is 0 Å². The number of nitrogens with zero attached hydrogens (tertiary/aromatic N) is 2. The Morgan fingerprint density at radius 1 is 1.26 bits per heavy atom. The molecule has 1 aromatic carbocycles. The van der Waals surface area contributed by atoms with Crippen LogP contribution < -0.4 is 0 Å². The molecule has 0 saturated carbocycles. The van der Waals surface area contributed by atoms with Gasteiger partial charge in [0.1, 0.15) is 0 Å². The number of rotatable bonds is 5. The first-order chi connectivity index (χ1) is 10.7. The SMILES string of the molecule is CC(C)C(=O)c1cnn(Cc2ccc(C(O)C(F)(F)F)cc2)c1. The smallest absolute Gasteiger partial charge is 0.379 e. The van der Waals surface area contributed by atoms with Gasteiger partial charge in [0, 0.05) is 12.1 Å². The van der Waals surface area contributed by atoms with Gasteiger partial charge < -0.3 is 5.11 Å². The summed E-state index contributed by atoms with van der Waals surface area (Å²) >= 11 is 0. The van der Waals surface area contributed by atoms with Crippen LogP contribution in [0.25, 0.3) is 0 Å². The molecule has 2 rings (SSSR count). The Morgan fingerprint density at radius 2 is 1.87 bits per heavy atom. The van der Waals surface area contributed by atoms with Crippen molar-refractivity contribution in [2.24, 2.45) is 5.92 Å². The minimum absolute atomic E-state index is 0.0140. The predicted octanol–water partition coefficient (Wildman–Crippen LogP) is 3.37. The van der Waals surface area contributed by atoms with Gasteiger partial charge in [-0.1, -0.05) is 38.1 Å². The van der Waals surface area contributed by atoms with Gasteiger partial charge in [-0.15, -0.1) is 0 Å². The van der Waals surface area contributed by atoms with E-state index in [1.54, 1.807) is 24.7 Å². The summed E-state index contributed by atoms with van der Waals surface area (Å²) in [5, 5.41) is 13.3. The third-order valence-corrected chi connectivity index (χ3v) is 3.39. The normalized spacial score (nSPS) is 13.3. The van der Waals surface area contributed by atoms with E-state index in [0.29, 0.717) is 12.1 Å². The second-order valence-electron chi connectivity index (χ2n) is 5.63. The van der Waals surface area contributed by atoms with Gasteiger partial charge >= 0.3 is 6.18 Å². The number of Topliss-reactive ketones (excluding diaryl/α,β-unsaturated/α-hetero) is 1. The molecule has 0 amide bonds. The highest BCUT2D eigenvalue weighted by molar-refractivity contribution is 5.96. The topological polar surface area (TPSA) is 55.1 Å². The van der Waals surface area contributed by atoms with Crippen LogP contribution in [-0.4, -0.2) is 26.8 Å². The number of hydrogen-bond acceptors (Lipinski definition) is 3. The van der Waals surface area contributed by atoms with E-state index in [9.17, 15) is 23.1 Å². The Hall–Kier alpha value is -2.15. The Bertz CT molecular complexity index is 675. The van der Waals surface area contributed by atoms with Gasteiger partial charge in [0.05, 0.1) is 18.3 Å². The highest BCUT2D eigenvalue weighted by Gasteiger charge is 2.39. The molecule has 23 heavy (non-hydrogen) atoms. The van der Waals surface area contributed by atoms with Crippen LogP contribution in [0.15, 0.2) is 36.7 Å². The molecule has 1 aromatic heterocycles. The highest BCUT2D eigenvalue weighted by atomic mass is 19.4. The van der Waals surface area contributed by atoms with Crippen molar-refractivity contribution in [3.63, 3.8) is 0 Å². The second-order valence-corrected chi connectivity index (χ2v) is 5.63. The Balaban J connectivity index is 2.08. The maximum Gasteiger partial charge on any atom is 0.418 e. The molecule has 0 saturated heterocycles. The molecule has 0 aliphatic rings. The number of carbonyl (C=O) groups is 1. The summed E-state index contributed by atoms with van der Waals surface area (Å²) in [5.41, 5.74) is 1.01. The Kier molecular flexibility index (Phi) is 4.89. The van der Waals surface area contributed by atoms with Gasteiger partial charge in [0.25, 0.3) is 0 Å². The van der Waals surface area contributed by atoms with Gasteiger partial charge in [0.15, 0.2) is 11.9 Å². The van der Waals surface area contributed by atoms with Gasteiger partial charge in [-0.2, -0.15) is 18.3 Å². The quantitative estimate of drug-likeness (QED) is 0.857. The third-order valence-electron chi connectivity index (χ3n) is 3.39. The van der Waals surface area contributed by atoms with Crippen molar-refractivity contribution in [3.8, 4) is 0 Å². The van der Waals surface area contributed by atoms with E-state index in [1.807, 2.05) is 0 Å². The minimum atomic E-state index is -4.68. The zero-order chi connectivity index (χ0) is 17.2. The molecule has 0 radical (unpaired) electrons. The number of alkyl halides is 3. The van der Waals surface area contributed by atoms with Crippen LogP contribution in [0.5, 0.6) is 0 Å². The Morgan fingerprint density at radius 3 is 2.39 bits per heavy atom. The fraction of sp³-hybridized carbons (Fsp3) is 0.375. The van der Waals surface area contributed by atoms with E-state index in [1.165, 1.54) is 30.5 Å². The fourth-order valence-corrected chi connectivity index (χ4v) is 2.09. The highest BCUT2D eigenvalue weighted by Crippen LogP contribution is 2.32. The molecular formula is C16H17F3N2O2. The number of benzene rings is 1. The van der Waals surface area contributed by atoms with Crippen molar-refractivity contribution in [2.75, 3.05) is 0 Å². The first-order valence-corrected chi connectivity index (χ1v) is 7.08. The van der Waals surface area contributed by atoms with Crippen LogP contribution in [0.1, 0.15) is 41.4 Å². The van der Waals surface area contributed by atoms with Gasteiger partial charge in [-0.3, -0.25) is 9.48 Å². The average Bonchev–Trinajstić information content (AvgIpc) is 2.94. The molecule has 0 fully saturated rings. The minimum Gasteiger partial charge on any atom is -0.379 e. The van der Waals surface area contributed by atoms with Crippen LogP contribution >= 0.6 is 0 Å². The fourth-order valence-electron chi connectivity index (χ4n) is 2.09. The zero-order valence-electron chi connectivity index (χ0n) is 12.7. The lowest BCUT2D eigenvalue weighted by Gasteiger charge is -2.15. The number of hydrogen-bond donors (Lipinski definition) is 1. The summed E-state index contributed by atoms with van der Waals surface area (Å²) in [6.45, 7) is 3.92. The molecule has 0 aliphatic carbocycles. The van der Waals surface area contributed by atoms with E-state index in [4.69, 9.17) is 0 Å². The summed E-state index contributed by atoms with van der Waals surface area (Å²) in [6, 6.07) is 5.46. The molecule has 0 bridgehead atoms. The molecule has 1 heterocycles. The van der Waals surface area contributed by atoms with Crippen LogP contribution in [-0.2, 0) is 6.54 Å². The summed E-state index contributed by atoms with van der Waals surface area (Å²) in [5.74, 6) is -0.143. The molecule has 124 valence electrons. The van der Waals surface area contributed by atoms with Gasteiger partial charge in [-0.25, -0.2) is 0 Å². The lowest BCUT2D eigenvalue weighted by Crippen LogP contribution is -2.20. The van der Waals surface area contributed by atoms with E-state index in [2.05, 4.69) is 5.10 Å². The van der Waals surface area contributed by atoms with E-state index in [-0.39, 0.29) is 17.3 Å². The van der Waals surface area contributed by atoms with Gasteiger partial charge in [-0.05, 0) is 11.1 Å². The largest absolute Gasteiger partial charge is 0.418 e. The van der Waals surface area contributed by atoms with Crippen molar-refractivity contribution in [1.29, 1.82) is 0 Å². The monoisotopic (exact) mass is 326 g/mol. The first-order valence-electron chi connectivity index (χ1n) is 7.08. The molecule has 7 heteroatoms. The van der Waals surface area contributed by atoms with Crippen molar-refractivity contribution in [2.45, 2.75) is 32.7 Å². The predicted molar refractivity (Wildman–Crippen MR) is 78.0 cm³/mol. The van der Waals surface area contributed by atoms with Crippen molar-refractivity contribution in [1.82, 2.24) is 9.78 Å². The lowest BCUT2D eigenvalue weighted by molar-refractivity contribution is -0.206. The standard InChI is InChI=1S/C16H17F3N2O2/c1-10(2)14(22)13-7-20-21(9-13)8-11-3-5-12(6-4-11)15(23)16(17,18)19/h3-7,9-10,15,23H,8H2,1-2H3. The Labute approximate surface area is 131 Å². The third kappa shape index (κ3) is 4.19. The van der Waals surface area contributed by atoms with Crippen LogP contribution in [0, 0.1) is 5.92 Å². The molecule has 2 aromatic rings. The average molecular weight is 326 g/mol. The molecule has 0 aliphatic heterocycles. The lowest BCUT2D eigenvalue weighted by atomic mass is 10.0. The van der Waals surface area contributed by atoms with Crippen molar-refractivity contribution in [3.05, 3.63) is 53.3 Å². The molecular weight excluding hydrogens is 309 g/mol. The maximum atomic E-state index is 12.4. The number of halogens is 3. The molecule has 1 atom stereocenters.